The average Bonchev–Trinajstić information content (AvgIpc) is 3.14. The van der Waals surface area contributed by atoms with Crippen molar-refractivity contribution < 1.29 is 14.0 Å². The largest absolute Gasteiger partial charge is 0.352 e. The molecule has 1 N–H and O–H groups in total. The number of carbonyl (C=O) groups is 2. The summed E-state index contributed by atoms with van der Waals surface area (Å²) >= 11 is 0. The van der Waals surface area contributed by atoms with Crippen molar-refractivity contribution in [2.75, 3.05) is 13.1 Å². The number of likely N-dealkylation sites (tertiary alicyclic amines) is 1. The summed E-state index contributed by atoms with van der Waals surface area (Å²) in [6.07, 6.45) is 4.51. The minimum atomic E-state index is -0.530. The number of aromatic nitrogens is 2. The molecule has 0 spiro atoms. The lowest BCUT2D eigenvalue weighted by Gasteiger charge is -2.33. The Morgan fingerprint density at radius 3 is 2.72 bits per heavy atom. The third-order valence-electron chi connectivity index (χ3n) is 6.13. The molecule has 2 amide bonds. The number of aryl methyl sites for hydroxylation is 1. The van der Waals surface area contributed by atoms with E-state index in [1.807, 2.05) is 33.7 Å². The second-order valence-corrected chi connectivity index (χ2v) is 8.37. The van der Waals surface area contributed by atoms with Crippen molar-refractivity contribution in [3.8, 4) is 0 Å². The first kappa shape index (κ1) is 22.0. The Labute approximate surface area is 187 Å². The van der Waals surface area contributed by atoms with E-state index in [4.69, 9.17) is 4.98 Å². The number of halogens is 1. The standard InChI is InChI=1S/C25H29FN4O2/c1-18-9-6-7-16-29(18)24(31)17-30-22-13-5-4-12-21(22)28-23(30)14-8-15-27-25(32)19-10-2-3-11-20(19)26/h2-5,10-13,18H,6-9,14-17H2,1H3,(H,27,32). The molecule has 32 heavy (non-hydrogen) atoms. The fourth-order valence-electron chi connectivity index (χ4n) is 4.38. The fraction of sp³-hybridized carbons (Fsp3) is 0.400. The number of carbonyl (C=O) groups excluding carboxylic acids is 2. The van der Waals surface area contributed by atoms with Crippen LogP contribution >= 0.6 is 0 Å². The van der Waals surface area contributed by atoms with Gasteiger partial charge >= 0.3 is 0 Å². The number of amides is 2. The summed E-state index contributed by atoms with van der Waals surface area (Å²) in [4.78, 5) is 32.0. The topological polar surface area (TPSA) is 67.2 Å². The van der Waals surface area contributed by atoms with Gasteiger partial charge in [0.1, 0.15) is 18.2 Å². The summed E-state index contributed by atoms with van der Waals surface area (Å²) in [5, 5.41) is 2.77. The van der Waals surface area contributed by atoms with E-state index in [9.17, 15) is 14.0 Å². The first-order valence-corrected chi connectivity index (χ1v) is 11.3. The normalized spacial score (nSPS) is 16.3. The molecule has 0 aliphatic carbocycles. The Balaban J connectivity index is 1.42. The average molecular weight is 437 g/mol. The number of para-hydroxylation sites is 2. The van der Waals surface area contributed by atoms with Crippen molar-refractivity contribution in [1.29, 1.82) is 0 Å². The van der Waals surface area contributed by atoms with E-state index in [1.165, 1.54) is 18.6 Å². The zero-order chi connectivity index (χ0) is 22.5. The highest BCUT2D eigenvalue weighted by atomic mass is 19.1. The molecule has 1 unspecified atom stereocenters. The summed E-state index contributed by atoms with van der Waals surface area (Å²) < 4.78 is 15.8. The van der Waals surface area contributed by atoms with Crippen LogP contribution in [-0.2, 0) is 17.8 Å². The molecule has 1 aliphatic rings. The van der Waals surface area contributed by atoms with E-state index >= 15 is 0 Å². The van der Waals surface area contributed by atoms with Gasteiger partial charge < -0.3 is 14.8 Å². The number of rotatable bonds is 7. The molecule has 7 heteroatoms. The van der Waals surface area contributed by atoms with Gasteiger partial charge in [0.15, 0.2) is 0 Å². The Kier molecular flexibility index (Phi) is 6.83. The van der Waals surface area contributed by atoms with Crippen molar-refractivity contribution in [2.45, 2.75) is 51.6 Å². The fourth-order valence-corrected chi connectivity index (χ4v) is 4.38. The molecule has 2 heterocycles. The summed E-state index contributed by atoms with van der Waals surface area (Å²) in [6, 6.07) is 14.0. The number of nitrogens with one attached hydrogen (secondary N) is 1. The highest BCUT2D eigenvalue weighted by Gasteiger charge is 2.24. The second-order valence-electron chi connectivity index (χ2n) is 8.37. The van der Waals surface area contributed by atoms with E-state index in [1.54, 1.807) is 12.1 Å². The van der Waals surface area contributed by atoms with Gasteiger partial charge in [-0.2, -0.15) is 0 Å². The maximum Gasteiger partial charge on any atom is 0.254 e. The predicted molar refractivity (Wildman–Crippen MR) is 122 cm³/mol. The van der Waals surface area contributed by atoms with Gasteiger partial charge in [-0.05, 0) is 56.9 Å². The Bertz CT molecular complexity index is 1110. The second kappa shape index (κ2) is 9.94. The maximum atomic E-state index is 13.8. The molecular formula is C25H29FN4O2. The zero-order valence-corrected chi connectivity index (χ0v) is 18.4. The van der Waals surface area contributed by atoms with Crippen LogP contribution in [0.2, 0.25) is 0 Å². The highest BCUT2D eigenvalue weighted by molar-refractivity contribution is 5.94. The molecule has 0 bridgehead atoms. The van der Waals surface area contributed by atoms with Crippen LogP contribution in [0.15, 0.2) is 48.5 Å². The summed E-state index contributed by atoms with van der Waals surface area (Å²) in [5.41, 5.74) is 1.84. The number of fused-ring (bicyclic) bond motifs is 1. The van der Waals surface area contributed by atoms with E-state index in [0.29, 0.717) is 19.4 Å². The molecule has 168 valence electrons. The molecule has 3 aromatic rings. The van der Waals surface area contributed by atoms with E-state index in [-0.39, 0.29) is 24.1 Å². The minimum absolute atomic E-state index is 0.0426. The summed E-state index contributed by atoms with van der Waals surface area (Å²) in [5.74, 6) is -0.0121. The molecule has 0 radical (unpaired) electrons. The lowest BCUT2D eigenvalue weighted by atomic mass is 10.0. The number of imidazole rings is 1. The van der Waals surface area contributed by atoms with Crippen molar-refractivity contribution in [3.63, 3.8) is 0 Å². The van der Waals surface area contributed by atoms with Crippen molar-refractivity contribution in [3.05, 3.63) is 65.7 Å². The van der Waals surface area contributed by atoms with Crippen LogP contribution in [0.25, 0.3) is 11.0 Å². The van der Waals surface area contributed by atoms with Gasteiger partial charge in [-0.1, -0.05) is 24.3 Å². The molecule has 2 aromatic carbocycles. The number of hydrogen-bond donors (Lipinski definition) is 1. The lowest BCUT2D eigenvalue weighted by Crippen LogP contribution is -2.43. The predicted octanol–water partition coefficient (Wildman–Crippen LogP) is 3.94. The monoisotopic (exact) mass is 436 g/mol. The minimum Gasteiger partial charge on any atom is -0.352 e. The molecule has 0 saturated carbocycles. The lowest BCUT2D eigenvalue weighted by molar-refractivity contribution is -0.135. The Morgan fingerprint density at radius 1 is 1.12 bits per heavy atom. The summed E-state index contributed by atoms with van der Waals surface area (Å²) in [6.45, 7) is 3.58. The number of benzene rings is 2. The van der Waals surface area contributed by atoms with Gasteiger partial charge in [0, 0.05) is 25.6 Å². The Hall–Kier alpha value is -3.22. The van der Waals surface area contributed by atoms with Crippen LogP contribution < -0.4 is 5.32 Å². The molecule has 4 rings (SSSR count). The van der Waals surface area contributed by atoms with Gasteiger partial charge in [0.25, 0.3) is 5.91 Å². The van der Waals surface area contributed by atoms with Gasteiger partial charge in [0.2, 0.25) is 5.91 Å². The molecule has 1 saturated heterocycles. The molecule has 1 atom stereocenters. The van der Waals surface area contributed by atoms with Crippen LogP contribution in [-0.4, -0.2) is 45.4 Å². The van der Waals surface area contributed by atoms with Gasteiger partial charge in [0.05, 0.1) is 16.6 Å². The van der Waals surface area contributed by atoms with Gasteiger partial charge in [-0.3, -0.25) is 9.59 Å². The van der Waals surface area contributed by atoms with Crippen LogP contribution in [0.4, 0.5) is 4.39 Å². The highest BCUT2D eigenvalue weighted by Crippen LogP contribution is 2.20. The van der Waals surface area contributed by atoms with E-state index in [2.05, 4.69) is 12.2 Å². The number of piperidine rings is 1. The van der Waals surface area contributed by atoms with Crippen molar-refractivity contribution in [1.82, 2.24) is 19.8 Å². The molecule has 6 nitrogen and oxygen atoms in total. The quantitative estimate of drug-likeness (QED) is 0.571. The third kappa shape index (κ3) is 4.82. The SMILES string of the molecule is CC1CCCCN1C(=O)Cn1c(CCCNC(=O)c2ccccc2F)nc2ccccc21. The first-order chi connectivity index (χ1) is 15.5. The third-order valence-corrected chi connectivity index (χ3v) is 6.13. The van der Waals surface area contributed by atoms with E-state index < -0.39 is 11.7 Å². The van der Waals surface area contributed by atoms with Crippen molar-refractivity contribution in [2.24, 2.45) is 0 Å². The number of hydrogen-bond acceptors (Lipinski definition) is 3. The van der Waals surface area contributed by atoms with Gasteiger partial charge in [-0.25, -0.2) is 9.37 Å². The first-order valence-electron chi connectivity index (χ1n) is 11.3. The van der Waals surface area contributed by atoms with Crippen LogP contribution in [0.5, 0.6) is 0 Å². The van der Waals surface area contributed by atoms with Crippen LogP contribution in [0.3, 0.4) is 0 Å². The zero-order valence-electron chi connectivity index (χ0n) is 18.4. The van der Waals surface area contributed by atoms with Crippen LogP contribution in [0, 0.1) is 5.82 Å². The summed E-state index contributed by atoms with van der Waals surface area (Å²) in [7, 11) is 0. The maximum absolute atomic E-state index is 13.8. The smallest absolute Gasteiger partial charge is 0.254 e. The molecule has 1 aromatic heterocycles. The molecular weight excluding hydrogens is 407 g/mol. The van der Waals surface area contributed by atoms with Crippen LogP contribution in [0.1, 0.15) is 48.8 Å². The van der Waals surface area contributed by atoms with Crippen molar-refractivity contribution >= 4 is 22.8 Å². The van der Waals surface area contributed by atoms with Gasteiger partial charge in [-0.15, -0.1) is 0 Å². The number of nitrogens with zero attached hydrogens (tertiary/aromatic N) is 3. The molecule has 1 aliphatic heterocycles. The van der Waals surface area contributed by atoms with E-state index in [0.717, 1.165) is 36.2 Å². The Morgan fingerprint density at radius 2 is 1.91 bits per heavy atom. The molecule has 1 fully saturated rings.